The van der Waals surface area contributed by atoms with Gasteiger partial charge in [-0.25, -0.2) is 9.07 Å². The van der Waals surface area contributed by atoms with E-state index in [0.29, 0.717) is 22.7 Å². The number of hydrogen-bond donors (Lipinski definition) is 1. The molecule has 1 aliphatic heterocycles. The normalized spacial score (nSPS) is 18.7. The van der Waals surface area contributed by atoms with Gasteiger partial charge in [-0.15, -0.1) is 0 Å². The molecule has 0 radical (unpaired) electrons. The van der Waals surface area contributed by atoms with Crippen molar-refractivity contribution in [2.45, 2.75) is 18.9 Å². The quantitative estimate of drug-likeness (QED) is 0.537. The number of fused-ring (bicyclic) bond motifs is 1. The minimum Gasteiger partial charge on any atom is -0.340 e. The van der Waals surface area contributed by atoms with Gasteiger partial charge in [0.1, 0.15) is 11.2 Å². The van der Waals surface area contributed by atoms with Crippen LogP contribution in [0.25, 0.3) is 16.7 Å². The molecule has 2 atom stereocenters. The number of halogens is 1. The van der Waals surface area contributed by atoms with E-state index in [1.165, 1.54) is 29.5 Å². The Morgan fingerprint density at radius 3 is 2.47 bits per heavy atom. The first kappa shape index (κ1) is 20.4. The lowest BCUT2D eigenvalue weighted by atomic mass is 9.93. The Morgan fingerprint density at radius 1 is 1.06 bits per heavy atom. The van der Waals surface area contributed by atoms with Crippen LogP contribution in [0.2, 0.25) is 0 Å². The van der Waals surface area contributed by atoms with Crippen LogP contribution in [0.4, 0.5) is 10.3 Å². The van der Waals surface area contributed by atoms with Gasteiger partial charge in [-0.3, -0.25) is 9.78 Å². The van der Waals surface area contributed by atoms with Crippen molar-refractivity contribution in [1.29, 1.82) is 0 Å². The fourth-order valence-electron chi connectivity index (χ4n) is 4.45. The number of nitrogens with zero attached hydrogens (tertiary/aromatic N) is 5. The highest BCUT2D eigenvalue weighted by molar-refractivity contribution is 5.76. The average Bonchev–Trinajstić information content (AvgIpc) is 3.40. The number of nitrogens with one attached hydrogen (secondary N) is 1. The third-order valence-corrected chi connectivity index (χ3v) is 6.25. The van der Waals surface area contributed by atoms with E-state index >= 15 is 0 Å². The average molecular weight is 433 g/mol. The Kier molecular flexibility index (Phi) is 5.01. The second-order valence-electron chi connectivity index (χ2n) is 8.61. The predicted molar refractivity (Wildman–Crippen MR) is 123 cm³/mol. The van der Waals surface area contributed by atoms with Gasteiger partial charge >= 0.3 is 0 Å². The number of likely N-dealkylation sites (N-methyl/N-ethyl adjacent to an activating group) is 1. The van der Waals surface area contributed by atoms with E-state index in [1.807, 2.05) is 0 Å². The van der Waals surface area contributed by atoms with E-state index in [-0.39, 0.29) is 23.3 Å². The summed E-state index contributed by atoms with van der Waals surface area (Å²) in [5.74, 6) is 0.479. The van der Waals surface area contributed by atoms with Crippen LogP contribution in [-0.2, 0) is 0 Å². The summed E-state index contributed by atoms with van der Waals surface area (Å²) in [6.07, 6.45) is 1.50. The molecule has 4 aromatic rings. The van der Waals surface area contributed by atoms with Gasteiger partial charge in [0, 0.05) is 25.0 Å². The number of aryl methyl sites for hydroxylation is 1. The van der Waals surface area contributed by atoms with E-state index in [0.717, 1.165) is 13.1 Å². The fourth-order valence-corrected chi connectivity index (χ4v) is 4.45. The molecule has 1 N–H and O–H groups in total. The van der Waals surface area contributed by atoms with E-state index in [9.17, 15) is 9.18 Å². The van der Waals surface area contributed by atoms with Crippen LogP contribution in [-0.4, -0.2) is 57.9 Å². The first-order chi connectivity index (χ1) is 15.4. The Morgan fingerprint density at radius 2 is 1.78 bits per heavy atom. The van der Waals surface area contributed by atoms with Crippen molar-refractivity contribution in [3.05, 3.63) is 82.0 Å². The van der Waals surface area contributed by atoms with Gasteiger partial charge in [0.2, 0.25) is 5.95 Å². The molecule has 164 valence electrons. The maximum atomic E-state index is 13.4. The van der Waals surface area contributed by atoms with Gasteiger partial charge < -0.3 is 9.80 Å². The van der Waals surface area contributed by atoms with E-state index in [4.69, 9.17) is 4.98 Å². The monoisotopic (exact) mass is 432 g/mol. The number of anilines is 1. The van der Waals surface area contributed by atoms with Crippen molar-refractivity contribution in [1.82, 2.24) is 24.6 Å². The van der Waals surface area contributed by atoms with Crippen LogP contribution >= 0.6 is 0 Å². The van der Waals surface area contributed by atoms with Crippen molar-refractivity contribution in [3.63, 3.8) is 0 Å². The Balaban J connectivity index is 1.54. The largest absolute Gasteiger partial charge is 0.340 e. The van der Waals surface area contributed by atoms with Gasteiger partial charge in [-0.2, -0.15) is 10.1 Å². The molecule has 32 heavy (non-hydrogen) atoms. The van der Waals surface area contributed by atoms with Crippen molar-refractivity contribution in [3.8, 4) is 5.69 Å². The van der Waals surface area contributed by atoms with Gasteiger partial charge in [0.15, 0.2) is 5.65 Å². The molecule has 2 unspecified atom stereocenters. The molecule has 8 heteroatoms. The van der Waals surface area contributed by atoms with Gasteiger partial charge in [-0.05, 0) is 50.8 Å². The standard InChI is InChI=1S/C24H25FN6O/c1-15-4-6-16(7-5-15)20-13-30(14-21(20)29(2)3)24-27-22-19(23(32)28-24)12-26-31(22)18-10-8-17(25)9-11-18/h4-12,20-21H,13-14H2,1-3H3,(H,27,28,32). The summed E-state index contributed by atoms with van der Waals surface area (Å²) in [6, 6.07) is 14.9. The molecule has 7 nitrogen and oxygen atoms in total. The Hall–Kier alpha value is -3.52. The zero-order valence-corrected chi connectivity index (χ0v) is 18.3. The third kappa shape index (κ3) is 3.56. The molecular formula is C24H25FN6O. The van der Waals surface area contributed by atoms with E-state index < -0.39 is 0 Å². The number of H-pyrrole nitrogens is 1. The van der Waals surface area contributed by atoms with Crippen molar-refractivity contribution < 1.29 is 4.39 Å². The highest BCUT2D eigenvalue weighted by Gasteiger charge is 2.36. The zero-order chi connectivity index (χ0) is 22.4. The Bertz CT molecular complexity index is 1310. The number of benzene rings is 2. The molecule has 1 fully saturated rings. The number of rotatable bonds is 4. The third-order valence-electron chi connectivity index (χ3n) is 6.25. The first-order valence-electron chi connectivity index (χ1n) is 10.6. The number of aromatic nitrogens is 4. The maximum absolute atomic E-state index is 13.4. The number of hydrogen-bond acceptors (Lipinski definition) is 5. The molecule has 3 heterocycles. The van der Waals surface area contributed by atoms with Crippen LogP contribution in [0, 0.1) is 12.7 Å². The second kappa shape index (κ2) is 7.87. The summed E-state index contributed by atoms with van der Waals surface area (Å²) < 4.78 is 14.9. The van der Waals surface area contributed by atoms with Gasteiger partial charge in [-0.1, -0.05) is 29.8 Å². The molecule has 2 aromatic heterocycles. The summed E-state index contributed by atoms with van der Waals surface area (Å²) in [7, 11) is 4.16. The highest BCUT2D eigenvalue weighted by atomic mass is 19.1. The predicted octanol–water partition coefficient (Wildman–Crippen LogP) is 3.09. The molecule has 0 amide bonds. The fraction of sp³-hybridized carbons (Fsp3) is 0.292. The van der Waals surface area contributed by atoms with E-state index in [2.05, 4.69) is 65.2 Å². The summed E-state index contributed by atoms with van der Waals surface area (Å²) >= 11 is 0. The van der Waals surface area contributed by atoms with E-state index in [1.54, 1.807) is 16.8 Å². The zero-order valence-electron chi connectivity index (χ0n) is 18.3. The molecule has 1 saturated heterocycles. The van der Waals surface area contributed by atoms with Crippen molar-refractivity contribution in [2.24, 2.45) is 0 Å². The first-order valence-corrected chi connectivity index (χ1v) is 10.6. The summed E-state index contributed by atoms with van der Waals surface area (Å²) in [4.78, 5) is 24.9. The smallest absolute Gasteiger partial charge is 0.263 e. The van der Waals surface area contributed by atoms with Crippen LogP contribution in [0.1, 0.15) is 17.0 Å². The van der Waals surface area contributed by atoms with Crippen LogP contribution < -0.4 is 10.5 Å². The minimum absolute atomic E-state index is 0.237. The van der Waals surface area contributed by atoms with Crippen molar-refractivity contribution >= 4 is 17.0 Å². The minimum atomic E-state index is -0.328. The summed E-state index contributed by atoms with van der Waals surface area (Å²) in [5.41, 5.74) is 3.37. The second-order valence-corrected chi connectivity index (χ2v) is 8.61. The molecule has 0 bridgehead atoms. The molecule has 2 aromatic carbocycles. The van der Waals surface area contributed by atoms with Crippen LogP contribution in [0.3, 0.4) is 0 Å². The van der Waals surface area contributed by atoms with Gasteiger partial charge in [0.05, 0.1) is 11.9 Å². The summed E-state index contributed by atoms with van der Waals surface area (Å²) in [6.45, 7) is 3.57. The number of aromatic amines is 1. The molecule has 0 saturated carbocycles. The lowest BCUT2D eigenvalue weighted by Crippen LogP contribution is -2.35. The maximum Gasteiger partial charge on any atom is 0.263 e. The summed E-state index contributed by atoms with van der Waals surface area (Å²) in [5, 5.41) is 4.72. The highest BCUT2D eigenvalue weighted by Crippen LogP contribution is 2.32. The lowest BCUT2D eigenvalue weighted by Gasteiger charge is -2.25. The lowest BCUT2D eigenvalue weighted by molar-refractivity contribution is 0.292. The molecule has 0 aliphatic carbocycles. The molecule has 5 rings (SSSR count). The molecule has 1 aliphatic rings. The van der Waals surface area contributed by atoms with Crippen LogP contribution in [0.5, 0.6) is 0 Å². The molecular weight excluding hydrogens is 407 g/mol. The van der Waals surface area contributed by atoms with Crippen molar-refractivity contribution in [2.75, 3.05) is 32.1 Å². The topological polar surface area (TPSA) is 70.0 Å². The van der Waals surface area contributed by atoms with Gasteiger partial charge in [0.25, 0.3) is 5.56 Å². The molecule has 0 spiro atoms. The van der Waals surface area contributed by atoms with Crippen LogP contribution in [0.15, 0.2) is 59.5 Å². The SMILES string of the molecule is Cc1ccc(C2CN(c3nc4c(cnn4-c4ccc(F)cc4)c(=O)[nH]3)CC2N(C)C)cc1. The Labute approximate surface area is 185 Å².